The Morgan fingerprint density at radius 3 is 2.55 bits per heavy atom. The molecule has 3 aromatic rings. The second kappa shape index (κ2) is 9.64. The Bertz CT molecular complexity index is 1070. The summed E-state index contributed by atoms with van der Waals surface area (Å²) < 4.78 is 30.2. The van der Waals surface area contributed by atoms with Crippen LogP contribution in [0.1, 0.15) is 54.3 Å². The molecule has 3 rings (SSSR count). The monoisotopic (exact) mass is 425 g/mol. The summed E-state index contributed by atoms with van der Waals surface area (Å²) in [5, 5.41) is 13.3. The fourth-order valence-electron chi connectivity index (χ4n) is 3.26. The molecule has 0 aliphatic heterocycles. The smallest absolute Gasteiger partial charge is 0.335 e. The van der Waals surface area contributed by atoms with E-state index in [2.05, 4.69) is 10.1 Å². The molecule has 1 aromatic heterocycles. The standard InChI is InChI=1S/C24H25F2N3O2/c1-3-5-9-21-27-23(24(25,26)14-4-2)28-29(21)16-17-10-12-18(13-11-17)19-7-6-8-20(15-19)22(30)31/h3,5-8,10-13,15H,4,9,14,16H2,1-2H3,(H,30,31). The lowest BCUT2D eigenvalue weighted by molar-refractivity contribution is -0.0232. The van der Waals surface area contributed by atoms with E-state index < -0.39 is 17.7 Å². The number of alkyl halides is 2. The Morgan fingerprint density at radius 2 is 1.90 bits per heavy atom. The number of carbonyl (C=O) groups is 1. The minimum atomic E-state index is -3.05. The van der Waals surface area contributed by atoms with Crippen LogP contribution < -0.4 is 0 Å². The molecule has 0 amide bonds. The highest BCUT2D eigenvalue weighted by molar-refractivity contribution is 5.89. The van der Waals surface area contributed by atoms with Gasteiger partial charge in [0, 0.05) is 12.8 Å². The van der Waals surface area contributed by atoms with Gasteiger partial charge in [0.2, 0.25) is 5.82 Å². The van der Waals surface area contributed by atoms with Crippen LogP contribution in [0.25, 0.3) is 11.1 Å². The van der Waals surface area contributed by atoms with Crippen LogP contribution >= 0.6 is 0 Å². The third-order valence-corrected chi connectivity index (χ3v) is 4.90. The van der Waals surface area contributed by atoms with Gasteiger partial charge in [0.25, 0.3) is 0 Å². The third kappa shape index (κ3) is 5.42. The molecule has 0 atom stereocenters. The maximum Gasteiger partial charge on any atom is 0.335 e. The summed E-state index contributed by atoms with van der Waals surface area (Å²) in [6.07, 6.45) is 4.19. The Kier molecular flexibility index (Phi) is 6.95. The van der Waals surface area contributed by atoms with Crippen LogP contribution in [0.2, 0.25) is 0 Å². The van der Waals surface area contributed by atoms with E-state index in [-0.39, 0.29) is 12.0 Å². The van der Waals surface area contributed by atoms with Crippen molar-refractivity contribution in [1.29, 1.82) is 0 Å². The van der Waals surface area contributed by atoms with E-state index in [4.69, 9.17) is 0 Å². The lowest BCUT2D eigenvalue weighted by Crippen LogP contribution is -2.15. The summed E-state index contributed by atoms with van der Waals surface area (Å²) in [5.74, 6) is -3.98. The number of carboxylic acid groups (broad SMARTS) is 1. The first-order valence-corrected chi connectivity index (χ1v) is 10.2. The zero-order chi connectivity index (χ0) is 22.4. The molecule has 0 aliphatic carbocycles. The van der Waals surface area contributed by atoms with E-state index in [0.717, 1.165) is 16.7 Å². The van der Waals surface area contributed by atoms with Gasteiger partial charge in [0.15, 0.2) is 0 Å². The molecule has 0 aliphatic rings. The molecule has 0 unspecified atom stereocenters. The maximum absolute atomic E-state index is 14.3. The highest BCUT2D eigenvalue weighted by Gasteiger charge is 2.36. The van der Waals surface area contributed by atoms with Gasteiger partial charge >= 0.3 is 11.9 Å². The predicted octanol–water partition coefficient (Wildman–Crippen LogP) is 5.70. The summed E-state index contributed by atoms with van der Waals surface area (Å²) in [6, 6.07) is 14.2. The number of benzene rings is 2. The number of hydrogen-bond donors (Lipinski definition) is 1. The first-order chi connectivity index (χ1) is 14.8. The normalized spacial score (nSPS) is 11.9. The van der Waals surface area contributed by atoms with Crippen molar-refractivity contribution in [2.75, 3.05) is 0 Å². The van der Waals surface area contributed by atoms with Crippen molar-refractivity contribution in [3.8, 4) is 11.1 Å². The Hall–Kier alpha value is -3.35. The molecular formula is C24H25F2N3O2. The summed E-state index contributed by atoms with van der Waals surface area (Å²) in [4.78, 5) is 15.3. The lowest BCUT2D eigenvalue weighted by Gasteiger charge is -2.10. The summed E-state index contributed by atoms with van der Waals surface area (Å²) >= 11 is 0. The van der Waals surface area contributed by atoms with Crippen LogP contribution in [0, 0.1) is 0 Å². The van der Waals surface area contributed by atoms with Crippen molar-refractivity contribution in [1.82, 2.24) is 14.8 Å². The topological polar surface area (TPSA) is 68.0 Å². The number of nitrogens with zero attached hydrogens (tertiary/aromatic N) is 3. The summed E-state index contributed by atoms with van der Waals surface area (Å²) in [5.41, 5.74) is 2.77. The van der Waals surface area contributed by atoms with Crippen LogP contribution in [0.4, 0.5) is 8.78 Å². The van der Waals surface area contributed by atoms with Gasteiger partial charge in [-0.05, 0) is 42.2 Å². The number of halogens is 2. The van der Waals surface area contributed by atoms with Crippen molar-refractivity contribution in [2.45, 2.75) is 45.6 Å². The molecule has 2 aromatic carbocycles. The van der Waals surface area contributed by atoms with Crippen molar-refractivity contribution in [2.24, 2.45) is 0 Å². The van der Waals surface area contributed by atoms with Gasteiger partial charge in [-0.25, -0.2) is 14.5 Å². The van der Waals surface area contributed by atoms with Crippen LogP contribution in [0.5, 0.6) is 0 Å². The molecule has 0 fully saturated rings. The Labute approximate surface area is 180 Å². The third-order valence-electron chi connectivity index (χ3n) is 4.90. The van der Waals surface area contributed by atoms with E-state index >= 15 is 0 Å². The molecule has 0 bridgehead atoms. The van der Waals surface area contributed by atoms with Crippen LogP contribution in [0.3, 0.4) is 0 Å². The van der Waals surface area contributed by atoms with Crippen LogP contribution in [-0.4, -0.2) is 25.8 Å². The van der Waals surface area contributed by atoms with Crippen LogP contribution in [0.15, 0.2) is 60.7 Å². The SMILES string of the molecule is CC=CCc1nc(C(F)(F)CCC)nn1Cc1ccc(-c2cccc(C(=O)O)c2)cc1. The van der Waals surface area contributed by atoms with E-state index in [1.165, 1.54) is 4.68 Å². The number of allylic oxidation sites excluding steroid dienone is 2. The lowest BCUT2D eigenvalue weighted by atomic mass is 10.0. The van der Waals surface area contributed by atoms with Crippen molar-refractivity contribution in [3.05, 3.63) is 83.5 Å². The molecule has 1 N–H and O–H groups in total. The molecule has 7 heteroatoms. The number of hydrogen-bond acceptors (Lipinski definition) is 3. The minimum absolute atomic E-state index is 0.221. The van der Waals surface area contributed by atoms with E-state index in [9.17, 15) is 18.7 Å². The molecule has 162 valence electrons. The molecule has 1 heterocycles. The minimum Gasteiger partial charge on any atom is -0.478 e. The molecule has 0 radical (unpaired) electrons. The average molecular weight is 425 g/mol. The van der Waals surface area contributed by atoms with Gasteiger partial charge in [-0.2, -0.15) is 8.78 Å². The van der Waals surface area contributed by atoms with Gasteiger partial charge < -0.3 is 5.11 Å². The van der Waals surface area contributed by atoms with E-state index in [1.54, 1.807) is 25.1 Å². The molecule has 31 heavy (non-hydrogen) atoms. The first kappa shape index (κ1) is 22.3. The fourth-order valence-corrected chi connectivity index (χ4v) is 3.26. The van der Waals surface area contributed by atoms with Crippen molar-refractivity contribution < 1.29 is 18.7 Å². The van der Waals surface area contributed by atoms with E-state index in [1.807, 2.05) is 49.4 Å². The quantitative estimate of drug-likeness (QED) is 0.447. The number of carboxylic acids is 1. The Balaban J connectivity index is 1.85. The number of aromatic nitrogens is 3. The van der Waals surface area contributed by atoms with Crippen molar-refractivity contribution in [3.63, 3.8) is 0 Å². The summed E-state index contributed by atoms with van der Waals surface area (Å²) in [7, 11) is 0. The fraction of sp³-hybridized carbons (Fsp3) is 0.292. The molecule has 5 nitrogen and oxygen atoms in total. The second-order valence-electron chi connectivity index (χ2n) is 7.32. The van der Waals surface area contributed by atoms with Gasteiger partial charge in [-0.15, -0.1) is 5.10 Å². The number of rotatable bonds is 9. The second-order valence-corrected chi connectivity index (χ2v) is 7.32. The van der Waals surface area contributed by atoms with Gasteiger partial charge in [0.1, 0.15) is 5.82 Å². The van der Waals surface area contributed by atoms with Crippen LogP contribution in [-0.2, 0) is 18.9 Å². The highest BCUT2D eigenvalue weighted by Crippen LogP contribution is 2.31. The highest BCUT2D eigenvalue weighted by atomic mass is 19.3. The largest absolute Gasteiger partial charge is 0.478 e. The average Bonchev–Trinajstić information content (AvgIpc) is 3.16. The zero-order valence-electron chi connectivity index (χ0n) is 17.6. The van der Waals surface area contributed by atoms with E-state index in [0.29, 0.717) is 25.2 Å². The Morgan fingerprint density at radius 1 is 1.16 bits per heavy atom. The van der Waals surface area contributed by atoms with Gasteiger partial charge in [-0.1, -0.05) is 55.5 Å². The number of aromatic carboxylic acids is 1. The first-order valence-electron chi connectivity index (χ1n) is 10.2. The predicted molar refractivity (Wildman–Crippen MR) is 115 cm³/mol. The molecule has 0 spiro atoms. The molecule has 0 saturated carbocycles. The van der Waals surface area contributed by atoms with Gasteiger partial charge in [-0.3, -0.25) is 0 Å². The van der Waals surface area contributed by atoms with Gasteiger partial charge in [0.05, 0.1) is 12.1 Å². The molecule has 0 saturated heterocycles. The zero-order valence-corrected chi connectivity index (χ0v) is 17.6. The van der Waals surface area contributed by atoms with Crippen molar-refractivity contribution >= 4 is 5.97 Å². The molecular weight excluding hydrogens is 400 g/mol. The summed E-state index contributed by atoms with van der Waals surface area (Å²) in [6.45, 7) is 3.89. The maximum atomic E-state index is 14.3.